The van der Waals surface area contributed by atoms with Gasteiger partial charge in [-0.15, -0.1) is 0 Å². The van der Waals surface area contributed by atoms with Crippen LogP contribution >= 0.6 is 24.0 Å². The number of thioether (sulfide) groups is 1. The predicted molar refractivity (Wildman–Crippen MR) is 109 cm³/mol. The van der Waals surface area contributed by atoms with Gasteiger partial charge in [-0.2, -0.15) is 0 Å². The van der Waals surface area contributed by atoms with Crippen molar-refractivity contribution in [2.24, 2.45) is 0 Å². The summed E-state index contributed by atoms with van der Waals surface area (Å²) in [5, 5.41) is 5.59. The first-order chi connectivity index (χ1) is 12.9. The molecule has 2 aliphatic rings. The van der Waals surface area contributed by atoms with Crippen LogP contribution in [-0.2, 0) is 14.4 Å². The molecule has 27 heavy (non-hydrogen) atoms. The third-order valence-electron chi connectivity index (χ3n) is 4.32. The molecule has 3 rings (SSSR count). The van der Waals surface area contributed by atoms with Crippen molar-refractivity contribution in [2.75, 3.05) is 22.9 Å². The number of rotatable bonds is 7. The number of benzene rings is 1. The quantitative estimate of drug-likeness (QED) is 0.534. The van der Waals surface area contributed by atoms with Crippen molar-refractivity contribution in [3.05, 3.63) is 18.2 Å². The molecule has 2 aliphatic heterocycles. The largest absolute Gasteiger partial charge is 0.479 e. The topological polar surface area (TPSA) is 87.7 Å². The number of ether oxygens (including phenoxy) is 1. The minimum Gasteiger partial charge on any atom is -0.479 e. The van der Waals surface area contributed by atoms with Gasteiger partial charge in [0.1, 0.15) is 10.1 Å². The Morgan fingerprint density at radius 2 is 2.19 bits per heavy atom. The second-order valence-electron chi connectivity index (χ2n) is 6.42. The van der Waals surface area contributed by atoms with E-state index in [4.69, 9.17) is 17.0 Å². The number of carbonyl (C=O) groups is 3. The van der Waals surface area contributed by atoms with Crippen molar-refractivity contribution in [3.63, 3.8) is 0 Å². The Morgan fingerprint density at radius 1 is 1.37 bits per heavy atom. The molecule has 1 aromatic rings. The van der Waals surface area contributed by atoms with Crippen molar-refractivity contribution in [1.82, 2.24) is 4.90 Å². The van der Waals surface area contributed by atoms with Gasteiger partial charge in [0.25, 0.3) is 5.91 Å². The van der Waals surface area contributed by atoms with Crippen LogP contribution < -0.4 is 15.4 Å². The minimum atomic E-state index is -0.526. The predicted octanol–water partition coefficient (Wildman–Crippen LogP) is 2.77. The summed E-state index contributed by atoms with van der Waals surface area (Å²) in [6, 6.07) is 5.17. The van der Waals surface area contributed by atoms with E-state index in [1.165, 1.54) is 11.8 Å². The van der Waals surface area contributed by atoms with Gasteiger partial charge in [-0.25, -0.2) is 0 Å². The molecule has 2 heterocycles. The fourth-order valence-corrected chi connectivity index (χ4v) is 3.96. The van der Waals surface area contributed by atoms with E-state index in [1.54, 1.807) is 30.0 Å². The van der Waals surface area contributed by atoms with E-state index in [2.05, 4.69) is 10.6 Å². The van der Waals surface area contributed by atoms with Gasteiger partial charge in [0.05, 0.1) is 11.4 Å². The second-order valence-corrected chi connectivity index (χ2v) is 8.03. The van der Waals surface area contributed by atoms with Crippen molar-refractivity contribution in [2.45, 2.75) is 38.7 Å². The maximum absolute atomic E-state index is 12.1. The third kappa shape index (κ3) is 4.98. The number of nitrogens with one attached hydrogen (secondary N) is 2. The first-order valence-corrected chi connectivity index (χ1v) is 10.2. The SMILES string of the molecule is C[C@H]1Oc2ccc(NC(=O)CCCCCN3C(=O)CSC3=S)cc2NC1=O. The first-order valence-electron chi connectivity index (χ1n) is 8.82. The number of hydrogen-bond donors (Lipinski definition) is 2. The molecule has 2 N–H and O–H groups in total. The van der Waals surface area contributed by atoms with Gasteiger partial charge in [0.15, 0.2) is 6.10 Å². The summed E-state index contributed by atoms with van der Waals surface area (Å²) in [7, 11) is 0. The van der Waals surface area contributed by atoms with E-state index in [9.17, 15) is 14.4 Å². The number of carbonyl (C=O) groups excluding carboxylic acids is 3. The number of amides is 3. The zero-order valence-corrected chi connectivity index (χ0v) is 16.6. The Kier molecular flexibility index (Phi) is 6.33. The highest BCUT2D eigenvalue weighted by Gasteiger charge is 2.26. The van der Waals surface area contributed by atoms with Crippen LogP contribution in [0.5, 0.6) is 5.75 Å². The van der Waals surface area contributed by atoms with Crippen LogP contribution in [0.1, 0.15) is 32.6 Å². The molecule has 144 valence electrons. The highest BCUT2D eigenvalue weighted by molar-refractivity contribution is 8.23. The molecule has 1 aromatic carbocycles. The van der Waals surface area contributed by atoms with Crippen molar-refractivity contribution < 1.29 is 19.1 Å². The minimum absolute atomic E-state index is 0.0700. The lowest BCUT2D eigenvalue weighted by Crippen LogP contribution is -2.34. The number of hydrogen-bond acceptors (Lipinski definition) is 6. The fraction of sp³-hybridized carbons (Fsp3) is 0.444. The van der Waals surface area contributed by atoms with Crippen LogP contribution in [0, 0.1) is 0 Å². The van der Waals surface area contributed by atoms with Gasteiger partial charge in [0, 0.05) is 18.7 Å². The summed E-state index contributed by atoms with van der Waals surface area (Å²) in [6.07, 6.45) is 2.26. The van der Waals surface area contributed by atoms with Crippen LogP contribution in [0.25, 0.3) is 0 Å². The Morgan fingerprint density at radius 3 is 2.93 bits per heavy atom. The van der Waals surface area contributed by atoms with E-state index in [-0.39, 0.29) is 17.7 Å². The normalized spacial score (nSPS) is 18.8. The van der Waals surface area contributed by atoms with Crippen LogP contribution in [0.3, 0.4) is 0 Å². The number of unbranched alkanes of at least 4 members (excludes halogenated alkanes) is 2. The number of thiocarbonyl (C=S) groups is 1. The summed E-state index contributed by atoms with van der Waals surface area (Å²) in [5.41, 5.74) is 1.17. The Hall–Kier alpha value is -2.13. The van der Waals surface area contributed by atoms with Gasteiger partial charge >= 0.3 is 0 Å². The molecule has 0 aromatic heterocycles. The molecule has 0 unspecified atom stereocenters. The summed E-state index contributed by atoms with van der Waals surface area (Å²) < 4.78 is 6.14. The molecule has 0 bridgehead atoms. The van der Waals surface area contributed by atoms with Crippen molar-refractivity contribution in [3.8, 4) is 5.75 Å². The Balaban J connectivity index is 1.40. The molecule has 1 saturated heterocycles. The highest BCUT2D eigenvalue weighted by Crippen LogP contribution is 2.32. The molecule has 0 saturated carbocycles. The smallest absolute Gasteiger partial charge is 0.265 e. The van der Waals surface area contributed by atoms with Crippen LogP contribution in [0.4, 0.5) is 11.4 Å². The lowest BCUT2D eigenvalue weighted by atomic mass is 10.1. The van der Waals surface area contributed by atoms with E-state index >= 15 is 0 Å². The van der Waals surface area contributed by atoms with Gasteiger partial charge in [-0.3, -0.25) is 19.3 Å². The maximum atomic E-state index is 12.1. The second kappa shape index (κ2) is 8.71. The van der Waals surface area contributed by atoms with Gasteiger partial charge in [-0.1, -0.05) is 30.4 Å². The Bertz CT molecular complexity index is 768. The molecule has 3 amide bonds. The van der Waals surface area contributed by atoms with Gasteiger partial charge in [0.2, 0.25) is 11.8 Å². The van der Waals surface area contributed by atoms with Crippen molar-refractivity contribution >= 4 is 57.4 Å². The molecular weight excluding hydrogens is 386 g/mol. The lowest BCUT2D eigenvalue weighted by molar-refractivity contribution is -0.124. The monoisotopic (exact) mass is 407 g/mol. The molecular formula is C18H21N3O4S2. The van der Waals surface area contributed by atoms with Crippen LogP contribution in [0.2, 0.25) is 0 Å². The number of nitrogens with zero attached hydrogens (tertiary/aromatic N) is 1. The first kappa shape index (κ1) is 19.6. The third-order valence-corrected chi connectivity index (χ3v) is 5.75. The zero-order valence-electron chi connectivity index (χ0n) is 14.9. The van der Waals surface area contributed by atoms with E-state index in [0.29, 0.717) is 40.2 Å². The highest BCUT2D eigenvalue weighted by atomic mass is 32.2. The maximum Gasteiger partial charge on any atom is 0.265 e. The lowest BCUT2D eigenvalue weighted by Gasteiger charge is -2.23. The number of anilines is 2. The average Bonchev–Trinajstić information content (AvgIpc) is 2.94. The van der Waals surface area contributed by atoms with Crippen molar-refractivity contribution in [1.29, 1.82) is 0 Å². The van der Waals surface area contributed by atoms with Crippen LogP contribution in [-0.4, -0.2) is 45.3 Å². The standard InChI is InChI=1S/C18H21N3O4S2/c1-11-17(24)20-13-9-12(6-7-14(13)25-11)19-15(22)5-3-2-4-8-21-16(23)10-27-18(21)26/h6-7,9,11H,2-5,8,10H2,1H3,(H,19,22)(H,20,24)/t11-/m1/s1. The van der Waals surface area contributed by atoms with E-state index in [1.807, 2.05) is 0 Å². The summed E-state index contributed by atoms with van der Waals surface area (Å²) >= 11 is 6.54. The summed E-state index contributed by atoms with van der Waals surface area (Å²) in [6.45, 7) is 2.30. The molecule has 0 radical (unpaired) electrons. The van der Waals surface area contributed by atoms with E-state index < -0.39 is 6.10 Å². The molecule has 9 heteroatoms. The molecule has 1 atom stereocenters. The number of fused-ring (bicyclic) bond motifs is 1. The average molecular weight is 408 g/mol. The fourth-order valence-electron chi connectivity index (χ4n) is 2.84. The molecule has 1 fully saturated rings. The van der Waals surface area contributed by atoms with Gasteiger partial charge in [-0.05, 0) is 38.0 Å². The Labute approximate surface area is 167 Å². The molecule has 0 aliphatic carbocycles. The summed E-state index contributed by atoms with van der Waals surface area (Å²) in [5.74, 6) is 0.801. The van der Waals surface area contributed by atoms with Gasteiger partial charge < -0.3 is 15.4 Å². The zero-order chi connectivity index (χ0) is 19.4. The molecule has 0 spiro atoms. The molecule has 7 nitrogen and oxygen atoms in total. The summed E-state index contributed by atoms with van der Waals surface area (Å²) in [4.78, 5) is 37.0. The van der Waals surface area contributed by atoms with Crippen LogP contribution in [0.15, 0.2) is 18.2 Å². The van der Waals surface area contributed by atoms with E-state index in [0.717, 1.165) is 19.3 Å².